The number of aliphatic carboxylic acids is 1. The molecule has 0 heterocycles. The normalized spacial score (nSPS) is 11.9. The maximum atomic E-state index is 13.1. The first kappa shape index (κ1) is 31.6. The first-order valence-electron chi connectivity index (χ1n) is 12.3. The van der Waals surface area contributed by atoms with Crippen molar-refractivity contribution in [1.82, 2.24) is 10.6 Å². The molecule has 2 rings (SSSR count). The summed E-state index contributed by atoms with van der Waals surface area (Å²) in [5.74, 6) is -3.54. The minimum atomic E-state index is -1.26. The second-order valence-electron chi connectivity index (χ2n) is 8.37. The van der Waals surface area contributed by atoms with E-state index < -0.39 is 48.4 Å². The SMILES string of the molecule is CCC[C@H](NC(=O)c1ccc(OOC)c(OC(=O)OC)c1)C(=O)N[C@@H](CCC(=O)O)C(=O)OCc1ccccc1. The van der Waals surface area contributed by atoms with Gasteiger partial charge in [-0.3, -0.25) is 14.4 Å². The van der Waals surface area contributed by atoms with Gasteiger partial charge in [-0.15, -0.1) is 0 Å². The van der Waals surface area contributed by atoms with Crippen LogP contribution in [-0.2, 0) is 35.4 Å². The lowest BCUT2D eigenvalue weighted by Crippen LogP contribution is -2.52. The molecule has 2 aromatic rings. The average molecular weight is 561 g/mol. The molecule has 0 bridgehead atoms. The number of hydrogen-bond acceptors (Lipinski definition) is 10. The Balaban J connectivity index is 2.16. The lowest BCUT2D eigenvalue weighted by molar-refractivity contribution is -0.179. The Bertz CT molecular complexity index is 1170. The third kappa shape index (κ3) is 10.3. The summed E-state index contributed by atoms with van der Waals surface area (Å²) in [5.41, 5.74) is 0.730. The number of esters is 1. The molecule has 13 nitrogen and oxygen atoms in total. The van der Waals surface area contributed by atoms with Crippen molar-refractivity contribution in [3.63, 3.8) is 0 Å². The molecule has 0 aliphatic carbocycles. The van der Waals surface area contributed by atoms with Crippen LogP contribution in [0.2, 0.25) is 0 Å². The third-order valence-corrected chi connectivity index (χ3v) is 5.41. The summed E-state index contributed by atoms with van der Waals surface area (Å²) >= 11 is 0. The Morgan fingerprint density at radius 1 is 0.900 bits per heavy atom. The molecule has 2 aromatic carbocycles. The minimum absolute atomic E-state index is 0.0115. The minimum Gasteiger partial charge on any atom is -0.481 e. The molecule has 0 saturated heterocycles. The first-order chi connectivity index (χ1) is 19.2. The van der Waals surface area contributed by atoms with Crippen molar-refractivity contribution in [1.29, 1.82) is 0 Å². The number of ether oxygens (including phenoxy) is 3. The molecule has 0 aliphatic rings. The predicted octanol–water partition coefficient (Wildman–Crippen LogP) is 2.76. The Morgan fingerprint density at radius 3 is 2.25 bits per heavy atom. The molecule has 2 atom stereocenters. The van der Waals surface area contributed by atoms with Crippen LogP contribution in [0.4, 0.5) is 4.79 Å². The zero-order valence-corrected chi connectivity index (χ0v) is 22.3. The fourth-order valence-electron chi connectivity index (χ4n) is 3.44. The molecular formula is C27H32N2O11. The van der Waals surface area contributed by atoms with Gasteiger partial charge < -0.3 is 34.8 Å². The molecule has 0 unspecified atom stereocenters. The summed E-state index contributed by atoms with van der Waals surface area (Å²) in [6, 6.07) is 10.4. The Labute approximate surface area is 230 Å². The van der Waals surface area contributed by atoms with Crippen molar-refractivity contribution < 1.29 is 53.1 Å². The van der Waals surface area contributed by atoms with Crippen LogP contribution in [0.25, 0.3) is 0 Å². The number of methoxy groups -OCH3 is 1. The average Bonchev–Trinajstić information content (AvgIpc) is 2.94. The van der Waals surface area contributed by atoms with E-state index in [1.54, 1.807) is 37.3 Å². The van der Waals surface area contributed by atoms with Crippen LogP contribution in [0.3, 0.4) is 0 Å². The monoisotopic (exact) mass is 560 g/mol. The van der Waals surface area contributed by atoms with E-state index in [9.17, 15) is 24.0 Å². The van der Waals surface area contributed by atoms with Gasteiger partial charge in [0.25, 0.3) is 5.91 Å². The second-order valence-corrected chi connectivity index (χ2v) is 8.37. The quantitative estimate of drug-likeness (QED) is 0.126. The second kappa shape index (κ2) is 16.3. The van der Waals surface area contributed by atoms with E-state index in [1.807, 2.05) is 0 Å². The number of benzene rings is 2. The Morgan fingerprint density at radius 2 is 1.62 bits per heavy atom. The van der Waals surface area contributed by atoms with E-state index in [1.165, 1.54) is 25.3 Å². The number of carboxylic acids is 1. The van der Waals surface area contributed by atoms with Gasteiger partial charge in [-0.25, -0.2) is 9.59 Å². The highest BCUT2D eigenvalue weighted by atomic mass is 17.2. The molecule has 40 heavy (non-hydrogen) atoms. The van der Waals surface area contributed by atoms with Crippen molar-refractivity contribution >= 4 is 29.9 Å². The van der Waals surface area contributed by atoms with E-state index in [2.05, 4.69) is 20.3 Å². The standard InChI is InChI=1S/C27H32N2O11/c1-4-8-19(28-24(32)18-11-13-21(40-37-3)22(15-18)39-27(35)36-2)25(33)29-20(12-14-23(30)31)26(34)38-16-17-9-6-5-7-10-17/h5-7,9-11,13,15,19-20H,4,8,12,14,16H2,1-3H3,(H,28,32)(H,29,33)(H,30,31)/t19-,20-/m0/s1. The van der Waals surface area contributed by atoms with Crippen LogP contribution in [0.1, 0.15) is 48.5 Å². The molecule has 2 amide bonds. The van der Waals surface area contributed by atoms with E-state index in [0.29, 0.717) is 12.0 Å². The van der Waals surface area contributed by atoms with Crippen LogP contribution in [0.15, 0.2) is 48.5 Å². The topological polar surface area (TPSA) is 176 Å². The smallest absolute Gasteiger partial charge is 0.481 e. The highest BCUT2D eigenvalue weighted by Crippen LogP contribution is 2.29. The van der Waals surface area contributed by atoms with Gasteiger partial charge >= 0.3 is 18.1 Å². The molecule has 13 heteroatoms. The number of carboxylic acid groups (broad SMARTS) is 1. The maximum absolute atomic E-state index is 13.1. The third-order valence-electron chi connectivity index (χ3n) is 5.41. The van der Waals surface area contributed by atoms with Crippen molar-refractivity contribution in [2.75, 3.05) is 14.2 Å². The Hall–Kier alpha value is -4.65. The van der Waals surface area contributed by atoms with Crippen LogP contribution < -0.4 is 20.3 Å². The lowest BCUT2D eigenvalue weighted by Gasteiger charge is -2.22. The van der Waals surface area contributed by atoms with Crippen LogP contribution in [0.5, 0.6) is 11.5 Å². The number of carbonyl (C=O) groups excluding carboxylic acids is 4. The van der Waals surface area contributed by atoms with Gasteiger partial charge in [0.1, 0.15) is 18.7 Å². The van der Waals surface area contributed by atoms with Crippen LogP contribution in [0, 0.1) is 0 Å². The Kier molecular flexibility index (Phi) is 12.9. The summed E-state index contributed by atoms with van der Waals surface area (Å²) in [7, 11) is 2.34. The van der Waals surface area contributed by atoms with E-state index in [-0.39, 0.29) is 36.5 Å². The van der Waals surface area contributed by atoms with Crippen molar-refractivity contribution in [2.24, 2.45) is 0 Å². The largest absolute Gasteiger partial charge is 0.513 e. The first-order valence-corrected chi connectivity index (χ1v) is 12.3. The van der Waals surface area contributed by atoms with Crippen LogP contribution in [-0.4, -0.2) is 61.3 Å². The fourth-order valence-corrected chi connectivity index (χ4v) is 3.44. The highest BCUT2D eigenvalue weighted by molar-refractivity contribution is 5.98. The molecule has 0 aliphatic heterocycles. The van der Waals surface area contributed by atoms with Gasteiger partial charge in [0.2, 0.25) is 11.7 Å². The number of nitrogens with one attached hydrogen (secondary N) is 2. The van der Waals surface area contributed by atoms with Gasteiger partial charge in [0, 0.05) is 12.0 Å². The van der Waals surface area contributed by atoms with Crippen molar-refractivity contribution in [2.45, 2.75) is 51.3 Å². The summed E-state index contributed by atoms with van der Waals surface area (Å²) in [6.45, 7) is 1.73. The zero-order valence-electron chi connectivity index (χ0n) is 22.3. The predicted molar refractivity (Wildman–Crippen MR) is 138 cm³/mol. The summed E-state index contributed by atoms with van der Waals surface area (Å²) in [5, 5.41) is 14.2. The van der Waals surface area contributed by atoms with Gasteiger partial charge in [0.05, 0.1) is 14.2 Å². The molecular weight excluding hydrogens is 528 g/mol. The molecule has 0 fully saturated rings. The van der Waals surface area contributed by atoms with Gasteiger partial charge in [-0.2, -0.15) is 4.89 Å². The fraction of sp³-hybridized carbons (Fsp3) is 0.370. The van der Waals surface area contributed by atoms with Gasteiger partial charge in [-0.05, 0) is 36.6 Å². The maximum Gasteiger partial charge on any atom is 0.513 e. The molecule has 0 radical (unpaired) electrons. The van der Waals surface area contributed by atoms with E-state index in [0.717, 1.165) is 7.11 Å². The van der Waals surface area contributed by atoms with E-state index >= 15 is 0 Å². The summed E-state index contributed by atoms with van der Waals surface area (Å²) in [4.78, 5) is 71.1. The molecule has 0 saturated carbocycles. The van der Waals surface area contributed by atoms with E-state index in [4.69, 9.17) is 19.5 Å². The number of amides is 2. The van der Waals surface area contributed by atoms with Crippen LogP contribution >= 0.6 is 0 Å². The lowest BCUT2D eigenvalue weighted by atomic mass is 10.1. The number of hydrogen-bond donors (Lipinski definition) is 3. The molecule has 0 aromatic heterocycles. The highest BCUT2D eigenvalue weighted by Gasteiger charge is 2.28. The molecule has 216 valence electrons. The van der Waals surface area contributed by atoms with Gasteiger partial charge in [0.15, 0.2) is 5.75 Å². The summed E-state index contributed by atoms with van der Waals surface area (Å²) in [6.07, 6.45) is -0.966. The number of rotatable bonds is 15. The summed E-state index contributed by atoms with van der Waals surface area (Å²) < 4.78 is 14.7. The number of carbonyl (C=O) groups is 5. The zero-order chi connectivity index (χ0) is 29.5. The van der Waals surface area contributed by atoms with Crippen molar-refractivity contribution in [3.05, 3.63) is 59.7 Å². The van der Waals surface area contributed by atoms with Gasteiger partial charge in [-0.1, -0.05) is 43.7 Å². The molecule has 3 N–H and O–H groups in total. The van der Waals surface area contributed by atoms with Crippen molar-refractivity contribution in [3.8, 4) is 11.5 Å². The molecule has 0 spiro atoms.